The van der Waals surface area contributed by atoms with E-state index >= 15 is 0 Å². The van der Waals surface area contributed by atoms with Crippen LogP contribution < -0.4 is 14.8 Å². The van der Waals surface area contributed by atoms with Gasteiger partial charge in [0.15, 0.2) is 12.6 Å². The number of hydrogen-bond donors (Lipinski definition) is 3. The van der Waals surface area contributed by atoms with Crippen molar-refractivity contribution in [3.63, 3.8) is 0 Å². The summed E-state index contributed by atoms with van der Waals surface area (Å²) < 4.78 is 35.0. The largest absolute Gasteiger partial charge is 0.492 e. The molecule has 11 heteroatoms. The topological polar surface area (TPSA) is 133 Å². The molecule has 41 heavy (non-hydrogen) atoms. The van der Waals surface area contributed by atoms with Crippen molar-refractivity contribution in [1.82, 2.24) is 15.3 Å². The van der Waals surface area contributed by atoms with E-state index < -0.39 is 36.2 Å². The van der Waals surface area contributed by atoms with E-state index in [1.165, 1.54) is 7.11 Å². The summed E-state index contributed by atoms with van der Waals surface area (Å²) >= 11 is 0. The van der Waals surface area contributed by atoms with E-state index in [4.69, 9.17) is 28.4 Å². The number of methoxy groups -OCH3 is 1. The van der Waals surface area contributed by atoms with E-state index in [2.05, 4.69) is 15.3 Å². The Labute approximate surface area is 240 Å². The molecule has 3 N–H and O–H groups in total. The number of aliphatic hydroxyl groups is 1. The first-order chi connectivity index (χ1) is 19.7. The molecule has 0 spiro atoms. The fourth-order valence-corrected chi connectivity index (χ4v) is 4.68. The predicted octanol–water partition coefficient (Wildman–Crippen LogP) is 3.60. The second-order valence-corrected chi connectivity index (χ2v) is 10.6. The molecule has 224 valence electrons. The molecule has 0 saturated carbocycles. The van der Waals surface area contributed by atoms with Gasteiger partial charge in [-0.1, -0.05) is 31.2 Å². The van der Waals surface area contributed by atoms with Gasteiger partial charge in [0, 0.05) is 38.0 Å². The first-order valence-corrected chi connectivity index (χ1v) is 13.9. The van der Waals surface area contributed by atoms with E-state index in [1.54, 1.807) is 30.6 Å². The number of nitrogens with zero attached hydrogens (tertiary/aromatic N) is 1. The van der Waals surface area contributed by atoms with Crippen molar-refractivity contribution in [1.29, 1.82) is 0 Å². The summed E-state index contributed by atoms with van der Waals surface area (Å²) in [6.07, 6.45) is 8.82. The lowest BCUT2D eigenvalue weighted by Crippen LogP contribution is -2.34. The number of aliphatic hydroxyl groups excluding tert-OH is 1. The van der Waals surface area contributed by atoms with Crippen LogP contribution in [-0.4, -0.2) is 78.3 Å². The standard InChI is InChI=1S/C30H41N3O8/c1-19-9-10-23(34)28-24(40-30(3,4)41-28)8-6-7-21-15-22(37-14-13-31-17-26-32-11-12-33-26)16-25(38-18-36-5)27(21)29(35)39-20(19)2/h6-7,9-12,15-16,19-20,23-24,28,31,34H,8,13-14,17-18H2,1-5H3,(H,32,33)/b7-6+,10-9-/t19-,20?,23?,24?,28?/m1/s1. The van der Waals surface area contributed by atoms with Crippen LogP contribution in [0.4, 0.5) is 0 Å². The Balaban J connectivity index is 1.62. The number of hydrogen-bond acceptors (Lipinski definition) is 10. The maximum absolute atomic E-state index is 13.5. The monoisotopic (exact) mass is 571 g/mol. The molecule has 0 bridgehead atoms. The fraction of sp³-hybridized carbons (Fsp3) is 0.533. The van der Waals surface area contributed by atoms with Crippen molar-refractivity contribution in [2.45, 2.75) is 70.9 Å². The molecule has 0 radical (unpaired) electrons. The van der Waals surface area contributed by atoms with Gasteiger partial charge in [-0.15, -0.1) is 0 Å². The number of nitrogens with one attached hydrogen (secondary N) is 2. The number of esters is 1. The second-order valence-electron chi connectivity index (χ2n) is 10.6. The molecule has 1 aromatic heterocycles. The number of H-pyrrole nitrogens is 1. The third-order valence-corrected chi connectivity index (χ3v) is 6.91. The normalized spacial score (nSPS) is 27.7. The van der Waals surface area contributed by atoms with Crippen LogP contribution in [0.1, 0.15) is 55.9 Å². The Morgan fingerprint density at radius 3 is 2.78 bits per heavy atom. The molecule has 2 aliphatic heterocycles. The van der Waals surface area contributed by atoms with E-state index in [1.807, 2.05) is 45.9 Å². The highest BCUT2D eigenvalue weighted by molar-refractivity contribution is 5.97. The van der Waals surface area contributed by atoms with Crippen LogP contribution in [0.25, 0.3) is 6.08 Å². The number of imidazole rings is 1. The zero-order valence-corrected chi connectivity index (χ0v) is 24.3. The Bertz CT molecular complexity index is 1200. The number of aromatic nitrogens is 2. The molecule has 1 aromatic carbocycles. The average Bonchev–Trinajstić information content (AvgIpc) is 3.56. The van der Waals surface area contributed by atoms with Crippen LogP contribution in [0.15, 0.2) is 42.8 Å². The quantitative estimate of drug-likeness (QED) is 0.177. The molecule has 4 rings (SSSR count). The maximum atomic E-state index is 13.5. The SMILES string of the molecule is COCOc1cc(OCCNCc2ncc[nH]2)cc2c1C(=O)OC(C)[C@H](C)/C=C\C(O)C1OC(C)(C)OC1C/C=C/2. The molecule has 3 heterocycles. The second kappa shape index (κ2) is 14.1. The van der Waals surface area contributed by atoms with E-state index in [0.717, 1.165) is 5.82 Å². The molecule has 1 fully saturated rings. The summed E-state index contributed by atoms with van der Waals surface area (Å²) in [5, 5.41) is 14.2. The first-order valence-electron chi connectivity index (χ1n) is 13.9. The van der Waals surface area contributed by atoms with Gasteiger partial charge in [-0.3, -0.25) is 0 Å². The van der Waals surface area contributed by atoms with Gasteiger partial charge in [0.25, 0.3) is 0 Å². The predicted molar refractivity (Wildman–Crippen MR) is 151 cm³/mol. The van der Waals surface area contributed by atoms with Gasteiger partial charge in [0.2, 0.25) is 0 Å². The zero-order chi connectivity index (χ0) is 29.4. The molecule has 2 aliphatic rings. The van der Waals surface area contributed by atoms with Crippen LogP contribution in [0, 0.1) is 5.92 Å². The van der Waals surface area contributed by atoms with Crippen molar-refractivity contribution in [2.24, 2.45) is 5.92 Å². The van der Waals surface area contributed by atoms with Crippen LogP contribution >= 0.6 is 0 Å². The fourth-order valence-electron chi connectivity index (χ4n) is 4.68. The van der Waals surface area contributed by atoms with E-state index in [9.17, 15) is 9.90 Å². The van der Waals surface area contributed by atoms with Crippen molar-refractivity contribution in [3.05, 3.63) is 59.7 Å². The average molecular weight is 572 g/mol. The number of ether oxygens (including phenoxy) is 6. The Kier molecular flexibility index (Phi) is 10.6. The highest BCUT2D eigenvalue weighted by Crippen LogP contribution is 2.35. The summed E-state index contributed by atoms with van der Waals surface area (Å²) in [5.74, 6) is 0.0946. The number of aromatic amines is 1. The Morgan fingerprint density at radius 2 is 2.02 bits per heavy atom. The number of cyclic esters (lactones) is 1. The van der Waals surface area contributed by atoms with Gasteiger partial charge in [0.05, 0.1) is 12.6 Å². The number of benzene rings is 1. The lowest BCUT2D eigenvalue weighted by Gasteiger charge is -2.23. The number of rotatable bonds is 9. The van der Waals surface area contributed by atoms with Crippen LogP contribution in [0.3, 0.4) is 0 Å². The highest BCUT2D eigenvalue weighted by Gasteiger charge is 2.43. The van der Waals surface area contributed by atoms with Gasteiger partial charge >= 0.3 is 5.97 Å². The summed E-state index contributed by atoms with van der Waals surface area (Å²) in [7, 11) is 1.51. The smallest absolute Gasteiger partial charge is 0.342 e. The van der Waals surface area contributed by atoms with Crippen LogP contribution in [0.5, 0.6) is 11.5 Å². The van der Waals surface area contributed by atoms with E-state index in [-0.39, 0.29) is 24.0 Å². The van der Waals surface area contributed by atoms with Crippen molar-refractivity contribution >= 4 is 12.0 Å². The van der Waals surface area contributed by atoms with Crippen LogP contribution in [-0.2, 0) is 25.5 Å². The summed E-state index contributed by atoms with van der Waals surface area (Å²) in [6.45, 7) is 8.86. The summed E-state index contributed by atoms with van der Waals surface area (Å²) in [5.41, 5.74) is 0.826. The number of carbonyl (C=O) groups excluding carboxylic acids is 1. The third-order valence-electron chi connectivity index (χ3n) is 6.91. The summed E-state index contributed by atoms with van der Waals surface area (Å²) in [4.78, 5) is 20.8. The van der Waals surface area contributed by atoms with Gasteiger partial charge in [-0.25, -0.2) is 9.78 Å². The lowest BCUT2D eigenvalue weighted by atomic mass is 9.99. The van der Waals surface area contributed by atoms with Crippen molar-refractivity contribution in [2.75, 3.05) is 27.1 Å². The summed E-state index contributed by atoms with van der Waals surface area (Å²) in [6, 6.07) is 3.45. The van der Waals surface area contributed by atoms with Crippen LogP contribution in [0.2, 0.25) is 0 Å². The lowest BCUT2D eigenvalue weighted by molar-refractivity contribution is -0.152. The number of fused-ring (bicyclic) bond motifs is 2. The zero-order valence-electron chi connectivity index (χ0n) is 24.3. The van der Waals surface area contributed by atoms with Crippen molar-refractivity contribution in [3.8, 4) is 11.5 Å². The molecule has 1 saturated heterocycles. The first kappa shape index (κ1) is 30.7. The molecule has 0 aliphatic carbocycles. The molecular weight excluding hydrogens is 530 g/mol. The van der Waals surface area contributed by atoms with Gasteiger partial charge < -0.3 is 43.8 Å². The Morgan fingerprint density at radius 1 is 1.20 bits per heavy atom. The number of carbonyl (C=O) groups is 1. The molecule has 2 aromatic rings. The molecule has 11 nitrogen and oxygen atoms in total. The highest BCUT2D eigenvalue weighted by atomic mass is 16.8. The van der Waals surface area contributed by atoms with E-state index in [0.29, 0.717) is 37.4 Å². The Hall–Kier alpha value is -3.22. The maximum Gasteiger partial charge on any atom is 0.342 e. The van der Waals surface area contributed by atoms with Gasteiger partial charge in [-0.2, -0.15) is 0 Å². The minimum atomic E-state index is -0.883. The molecular formula is C30H41N3O8. The molecule has 0 amide bonds. The molecule has 5 atom stereocenters. The minimum Gasteiger partial charge on any atom is -0.492 e. The van der Waals surface area contributed by atoms with Crippen molar-refractivity contribution < 1.29 is 38.3 Å². The third kappa shape index (κ3) is 8.40. The van der Waals surface area contributed by atoms with Gasteiger partial charge in [0.1, 0.15) is 47.8 Å². The minimum absolute atomic E-state index is 0.0613. The molecule has 4 unspecified atom stereocenters. The van der Waals surface area contributed by atoms with Gasteiger partial charge in [-0.05, 0) is 38.8 Å².